The van der Waals surface area contributed by atoms with E-state index in [0.717, 1.165) is 38.3 Å². The van der Waals surface area contributed by atoms with Gasteiger partial charge in [-0.1, -0.05) is 48.5 Å². The molecule has 1 atom stereocenters. The number of nitrogens with one attached hydrogen (secondary N) is 1. The van der Waals surface area contributed by atoms with E-state index < -0.39 is 6.10 Å². The van der Waals surface area contributed by atoms with Gasteiger partial charge in [0.15, 0.2) is 0 Å². The lowest BCUT2D eigenvalue weighted by Crippen LogP contribution is -3.16. The summed E-state index contributed by atoms with van der Waals surface area (Å²) in [5.41, 5.74) is 2.44. The highest BCUT2D eigenvalue weighted by atomic mass is 16.5. The second-order valence-electron chi connectivity index (χ2n) is 6.43. The van der Waals surface area contributed by atoms with Crippen molar-refractivity contribution in [2.45, 2.75) is 12.7 Å². The second kappa shape index (κ2) is 8.83. The van der Waals surface area contributed by atoms with E-state index in [1.54, 1.807) is 0 Å². The minimum Gasteiger partial charge on any atom is -0.385 e. The van der Waals surface area contributed by atoms with Crippen LogP contribution in [0.2, 0.25) is 0 Å². The van der Waals surface area contributed by atoms with Crippen molar-refractivity contribution in [3.63, 3.8) is 0 Å². The van der Waals surface area contributed by atoms with Gasteiger partial charge in [0.2, 0.25) is 0 Å². The summed E-state index contributed by atoms with van der Waals surface area (Å²) in [5, 5.41) is 10.2. The average Bonchev–Trinajstić information content (AvgIpc) is 2.64. The number of aliphatic hydroxyl groups excluding tert-OH is 1. The van der Waals surface area contributed by atoms with Crippen molar-refractivity contribution in [2.24, 2.45) is 0 Å². The van der Waals surface area contributed by atoms with Crippen molar-refractivity contribution in [1.82, 2.24) is 0 Å². The predicted molar refractivity (Wildman–Crippen MR) is 96.3 cm³/mol. The van der Waals surface area contributed by atoms with Crippen LogP contribution in [0.5, 0.6) is 0 Å². The van der Waals surface area contributed by atoms with Crippen LogP contribution >= 0.6 is 0 Å². The predicted octanol–water partition coefficient (Wildman–Crippen LogP) is 0.969. The molecule has 0 spiro atoms. The van der Waals surface area contributed by atoms with E-state index in [1.165, 1.54) is 10.6 Å². The Morgan fingerprint density at radius 2 is 1.58 bits per heavy atom. The quantitative estimate of drug-likeness (QED) is 0.796. The highest BCUT2D eigenvalue weighted by Gasteiger charge is 2.22. The molecular formula is C20H27N2O2+. The summed E-state index contributed by atoms with van der Waals surface area (Å²) in [4.78, 5) is 3.87. The Labute approximate surface area is 144 Å². The van der Waals surface area contributed by atoms with Gasteiger partial charge in [-0.2, -0.15) is 0 Å². The molecule has 1 heterocycles. The zero-order valence-corrected chi connectivity index (χ0v) is 14.1. The molecule has 24 heavy (non-hydrogen) atoms. The summed E-state index contributed by atoms with van der Waals surface area (Å²) < 4.78 is 5.64. The maximum Gasteiger partial charge on any atom is 0.126 e. The Balaban J connectivity index is 1.35. The molecule has 1 saturated heterocycles. The number of piperazine rings is 1. The van der Waals surface area contributed by atoms with Crippen molar-refractivity contribution in [1.29, 1.82) is 0 Å². The van der Waals surface area contributed by atoms with Crippen LogP contribution in [-0.2, 0) is 11.3 Å². The molecule has 4 heteroatoms. The molecule has 0 bridgehead atoms. The number of hydrogen-bond donors (Lipinski definition) is 2. The van der Waals surface area contributed by atoms with Crippen molar-refractivity contribution >= 4 is 5.69 Å². The summed E-state index contributed by atoms with van der Waals surface area (Å²) in [6.45, 7) is 5.93. The molecule has 2 aromatic carbocycles. The Morgan fingerprint density at radius 3 is 2.25 bits per heavy atom. The van der Waals surface area contributed by atoms with Crippen LogP contribution in [0.25, 0.3) is 0 Å². The molecule has 0 unspecified atom stereocenters. The number of anilines is 1. The van der Waals surface area contributed by atoms with Crippen molar-refractivity contribution in [3.05, 3.63) is 66.2 Å². The SMILES string of the molecule is O[C@@H](COCc1ccccc1)C[NH+]1CCN(c2ccccc2)CC1. The van der Waals surface area contributed by atoms with E-state index in [2.05, 4.69) is 35.2 Å². The van der Waals surface area contributed by atoms with Gasteiger partial charge >= 0.3 is 0 Å². The largest absolute Gasteiger partial charge is 0.385 e. The molecule has 2 aromatic rings. The first-order chi connectivity index (χ1) is 11.8. The molecule has 1 fully saturated rings. The minimum absolute atomic E-state index is 0.396. The third-order valence-electron chi connectivity index (χ3n) is 4.54. The lowest BCUT2D eigenvalue weighted by atomic mass is 10.2. The molecule has 128 valence electrons. The topological polar surface area (TPSA) is 37.1 Å². The second-order valence-corrected chi connectivity index (χ2v) is 6.43. The third-order valence-corrected chi connectivity index (χ3v) is 4.54. The van der Waals surface area contributed by atoms with Gasteiger partial charge in [-0.05, 0) is 17.7 Å². The van der Waals surface area contributed by atoms with Crippen LogP contribution in [0.1, 0.15) is 5.56 Å². The van der Waals surface area contributed by atoms with Crippen molar-refractivity contribution in [3.8, 4) is 0 Å². The number of para-hydroxylation sites is 1. The van der Waals surface area contributed by atoms with E-state index in [-0.39, 0.29) is 0 Å². The number of quaternary nitrogens is 1. The van der Waals surface area contributed by atoms with Gasteiger partial charge in [-0.25, -0.2) is 0 Å². The number of benzene rings is 2. The highest BCUT2D eigenvalue weighted by molar-refractivity contribution is 5.46. The number of ether oxygens (including phenoxy) is 1. The molecule has 0 saturated carbocycles. The first kappa shape index (κ1) is 17.0. The molecule has 1 aliphatic heterocycles. The van der Waals surface area contributed by atoms with Gasteiger partial charge in [0, 0.05) is 5.69 Å². The minimum atomic E-state index is -0.396. The molecular weight excluding hydrogens is 300 g/mol. The molecule has 3 rings (SSSR count). The van der Waals surface area contributed by atoms with E-state index in [0.29, 0.717) is 13.2 Å². The summed E-state index contributed by atoms with van der Waals surface area (Å²) in [6, 6.07) is 20.6. The maximum atomic E-state index is 10.2. The number of rotatable bonds is 7. The molecule has 0 radical (unpaired) electrons. The Bertz CT molecular complexity index is 583. The van der Waals surface area contributed by atoms with Crippen LogP contribution in [0.3, 0.4) is 0 Å². The monoisotopic (exact) mass is 327 g/mol. The Morgan fingerprint density at radius 1 is 0.958 bits per heavy atom. The van der Waals surface area contributed by atoms with E-state index >= 15 is 0 Å². The first-order valence-electron chi connectivity index (χ1n) is 8.74. The lowest BCUT2D eigenvalue weighted by molar-refractivity contribution is -0.903. The van der Waals surface area contributed by atoms with Crippen LogP contribution < -0.4 is 9.80 Å². The van der Waals surface area contributed by atoms with Crippen LogP contribution in [-0.4, -0.2) is 50.5 Å². The standard InChI is InChI=1S/C20H26N2O2/c23-20(17-24-16-18-7-3-1-4-8-18)15-21-11-13-22(14-12-21)19-9-5-2-6-10-19/h1-10,20,23H,11-17H2/p+1/t20-/m1/s1. The van der Waals surface area contributed by atoms with E-state index in [1.807, 2.05) is 30.3 Å². The fraction of sp³-hybridized carbons (Fsp3) is 0.400. The molecule has 0 aromatic heterocycles. The van der Waals surface area contributed by atoms with Crippen LogP contribution in [0, 0.1) is 0 Å². The first-order valence-corrected chi connectivity index (χ1v) is 8.74. The maximum absolute atomic E-state index is 10.2. The fourth-order valence-corrected chi connectivity index (χ4v) is 3.20. The zero-order chi connectivity index (χ0) is 16.6. The Kier molecular flexibility index (Phi) is 6.24. The smallest absolute Gasteiger partial charge is 0.126 e. The van der Waals surface area contributed by atoms with Gasteiger partial charge in [0.1, 0.15) is 12.6 Å². The van der Waals surface area contributed by atoms with Gasteiger partial charge in [-0.15, -0.1) is 0 Å². The van der Waals surface area contributed by atoms with Gasteiger partial charge in [0.25, 0.3) is 0 Å². The molecule has 4 nitrogen and oxygen atoms in total. The summed E-state index contributed by atoms with van der Waals surface area (Å²) in [6.07, 6.45) is -0.396. The fourth-order valence-electron chi connectivity index (χ4n) is 3.20. The number of hydrogen-bond acceptors (Lipinski definition) is 3. The van der Waals surface area contributed by atoms with Gasteiger partial charge in [0.05, 0.1) is 39.4 Å². The van der Waals surface area contributed by atoms with Gasteiger partial charge < -0.3 is 19.6 Å². The Hall–Kier alpha value is -1.88. The molecule has 2 N–H and O–H groups in total. The molecule has 0 aliphatic carbocycles. The van der Waals surface area contributed by atoms with Crippen LogP contribution in [0.15, 0.2) is 60.7 Å². The average molecular weight is 327 g/mol. The normalized spacial score (nSPS) is 17.0. The van der Waals surface area contributed by atoms with E-state index in [4.69, 9.17) is 4.74 Å². The van der Waals surface area contributed by atoms with Crippen molar-refractivity contribution in [2.75, 3.05) is 44.2 Å². The molecule has 0 amide bonds. The number of nitrogens with zero attached hydrogens (tertiary/aromatic N) is 1. The lowest BCUT2D eigenvalue weighted by Gasteiger charge is -2.34. The van der Waals surface area contributed by atoms with Gasteiger partial charge in [-0.3, -0.25) is 0 Å². The summed E-state index contributed by atoms with van der Waals surface area (Å²) >= 11 is 0. The highest BCUT2D eigenvalue weighted by Crippen LogP contribution is 2.12. The summed E-state index contributed by atoms with van der Waals surface area (Å²) in [7, 11) is 0. The third kappa shape index (κ3) is 5.06. The number of aliphatic hydroxyl groups is 1. The summed E-state index contributed by atoms with van der Waals surface area (Å²) in [5.74, 6) is 0. The van der Waals surface area contributed by atoms with Crippen molar-refractivity contribution < 1.29 is 14.7 Å². The van der Waals surface area contributed by atoms with Crippen LogP contribution in [0.4, 0.5) is 5.69 Å². The molecule has 1 aliphatic rings. The zero-order valence-electron chi connectivity index (χ0n) is 14.1. The van der Waals surface area contributed by atoms with E-state index in [9.17, 15) is 5.11 Å².